The summed E-state index contributed by atoms with van der Waals surface area (Å²) in [4.78, 5) is 14.5. The molecule has 0 bridgehead atoms. The standard InChI is InChI=1S/C14H22N2OS/c1-14(2,15)7-6-13(17)16-9-11-8-10-4-3-5-12(10)18-11/h8H,3-7,9,15H2,1-2H3,(H,16,17). The number of carbonyl (C=O) groups is 1. The third-order valence-electron chi connectivity index (χ3n) is 3.25. The van der Waals surface area contributed by atoms with Crippen LogP contribution < -0.4 is 11.1 Å². The fourth-order valence-electron chi connectivity index (χ4n) is 2.19. The molecule has 1 aliphatic carbocycles. The van der Waals surface area contributed by atoms with Gasteiger partial charge in [-0.05, 0) is 51.2 Å². The van der Waals surface area contributed by atoms with E-state index in [-0.39, 0.29) is 11.4 Å². The largest absolute Gasteiger partial charge is 0.351 e. The van der Waals surface area contributed by atoms with E-state index in [0.717, 1.165) is 6.42 Å². The number of nitrogens with two attached hydrogens (primary N) is 1. The SMILES string of the molecule is CC(C)(N)CCC(=O)NCc1cc2c(s1)CCC2. The highest BCUT2D eigenvalue weighted by Crippen LogP contribution is 2.30. The average molecular weight is 266 g/mol. The van der Waals surface area contributed by atoms with Gasteiger partial charge in [-0.3, -0.25) is 4.79 Å². The molecule has 3 N–H and O–H groups in total. The van der Waals surface area contributed by atoms with Gasteiger partial charge in [0.1, 0.15) is 0 Å². The molecule has 3 nitrogen and oxygen atoms in total. The molecule has 0 saturated heterocycles. The number of carbonyl (C=O) groups excluding carboxylic acids is 1. The number of rotatable bonds is 5. The van der Waals surface area contributed by atoms with Crippen molar-refractivity contribution >= 4 is 17.2 Å². The lowest BCUT2D eigenvalue weighted by Gasteiger charge is -2.17. The summed E-state index contributed by atoms with van der Waals surface area (Å²) in [5, 5.41) is 2.98. The monoisotopic (exact) mass is 266 g/mol. The number of nitrogens with one attached hydrogen (secondary N) is 1. The Labute approximate surface area is 113 Å². The minimum atomic E-state index is -0.262. The number of hydrogen-bond donors (Lipinski definition) is 2. The van der Waals surface area contributed by atoms with E-state index in [1.165, 1.54) is 34.6 Å². The van der Waals surface area contributed by atoms with Crippen molar-refractivity contribution in [2.75, 3.05) is 0 Å². The molecule has 0 aromatic carbocycles. The first-order chi connectivity index (χ1) is 8.44. The maximum Gasteiger partial charge on any atom is 0.220 e. The maximum atomic E-state index is 11.7. The molecule has 1 aromatic heterocycles. The Morgan fingerprint density at radius 1 is 1.50 bits per heavy atom. The van der Waals surface area contributed by atoms with Crippen molar-refractivity contribution in [1.29, 1.82) is 0 Å². The van der Waals surface area contributed by atoms with Gasteiger partial charge in [-0.2, -0.15) is 0 Å². The number of fused-ring (bicyclic) bond motifs is 1. The number of aryl methyl sites for hydroxylation is 2. The number of amides is 1. The van der Waals surface area contributed by atoms with Gasteiger partial charge >= 0.3 is 0 Å². The summed E-state index contributed by atoms with van der Waals surface area (Å²) in [5.74, 6) is 0.0992. The highest BCUT2D eigenvalue weighted by Gasteiger charge is 2.16. The molecule has 0 atom stereocenters. The van der Waals surface area contributed by atoms with Crippen LogP contribution in [0.2, 0.25) is 0 Å². The predicted molar refractivity (Wildman–Crippen MR) is 75.7 cm³/mol. The average Bonchev–Trinajstić information content (AvgIpc) is 2.82. The van der Waals surface area contributed by atoms with Crippen molar-refractivity contribution < 1.29 is 4.79 Å². The van der Waals surface area contributed by atoms with E-state index < -0.39 is 0 Å². The summed E-state index contributed by atoms with van der Waals surface area (Å²) in [7, 11) is 0. The smallest absolute Gasteiger partial charge is 0.220 e. The van der Waals surface area contributed by atoms with Gasteiger partial charge in [-0.1, -0.05) is 0 Å². The molecule has 4 heteroatoms. The molecular weight excluding hydrogens is 244 g/mol. The lowest BCUT2D eigenvalue weighted by Crippen LogP contribution is -2.34. The summed E-state index contributed by atoms with van der Waals surface area (Å²) >= 11 is 1.85. The van der Waals surface area contributed by atoms with Crippen molar-refractivity contribution in [3.8, 4) is 0 Å². The normalized spacial score (nSPS) is 14.6. The van der Waals surface area contributed by atoms with Crippen LogP contribution in [0.3, 0.4) is 0 Å². The zero-order chi connectivity index (χ0) is 13.2. The van der Waals surface area contributed by atoms with E-state index in [4.69, 9.17) is 5.73 Å². The molecule has 1 amide bonds. The third-order valence-corrected chi connectivity index (χ3v) is 4.49. The molecule has 100 valence electrons. The Kier molecular flexibility index (Phi) is 4.07. The zero-order valence-electron chi connectivity index (χ0n) is 11.2. The summed E-state index contributed by atoms with van der Waals surface area (Å²) in [6.07, 6.45) is 4.95. The first-order valence-corrected chi connectivity index (χ1v) is 7.42. The second-order valence-corrected chi connectivity index (χ2v) is 7.00. The van der Waals surface area contributed by atoms with Gasteiger partial charge in [-0.15, -0.1) is 11.3 Å². The summed E-state index contributed by atoms with van der Waals surface area (Å²) in [5.41, 5.74) is 7.09. The van der Waals surface area contributed by atoms with Gasteiger partial charge in [0, 0.05) is 21.7 Å². The van der Waals surface area contributed by atoms with Crippen molar-refractivity contribution in [2.24, 2.45) is 5.73 Å². The molecule has 1 heterocycles. The second-order valence-electron chi connectivity index (χ2n) is 5.78. The molecule has 0 radical (unpaired) electrons. The molecule has 2 rings (SSSR count). The van der Waals surface area contributed by atoms with Gasteiger partial charge < -0.3 is 11.1 Å². The minimum absolute atomic E-state index is 0.0992. The van der Waals surface area contributed by atoms with Crippen LogP contribution in [0.5, 0.6) is 0 Å². The Balaban J connectivity index is 1.75. The first-order valence-electron chi connectivity index (χ1n) is 6.60. The molecule has 0 unspecified atom stereocenters. The second kappa shape index (κ2) is 5.41. The summed E-state index contributed by atoms with van der Waals surface area (Å²) in [6, 6.07) is 2.25. The zero-order valence-corrected chi connectivity index (χ0v) is 12.0. The predicted octanol–water partition coefficient (Wildman–Crippen LogP) is 2.37. The molecule has 0 fully saturated rings. The van der Waals surface area contributed by atoms with E-state index in [1.54, 1.807) is 0 Å². The van der Waals surface area contributed by atoms with Crippen LogP contribution in [0.25, 0.3) is 0 Å². The Morgan fingerprint density at radius 2 is 2.28 bits per heavy atom. The van der Waals surface area contributed by atoms with Gasteiger partial charge in [0.05, 0.1) is 6.54 Å². The Hall–Kier alpha value is -0.870. The van der Waals surface area contributed by atoms with Crippen LogP contribution in [-0.2, 0) is 24.2 Å². The Morgan fingerprint density at radius 3 is 2.94 bits per heavy atom. The van der Waals surface area contributed by atoms with E-state index in [9.17, 15) is 4.79 Å². The molecule has 18 heavy (non-hydrogen) atoms. The van der Waals surface area contributed by atoms with Crippen LogP contribution in [0.4, 0.5) is 0 Å². The molecule has 1 aromatic rings. The van der Waals surface area contributed by atoms with E-state index in [1.807, 2.05) is 25.2 Å². The highest BCUT2D eigenvalue weighted by atomic mass is 32.1. The van der Waals surface area contributed by atoms with Crippen LogP contribution in [-0.4, -0.2) is 11.4 Å². The van der Waals surface area contributed by atoms with Crippen LogP contribution >= 0.6 is 11.3 Å². The molecule has 0 spiro atoms. The van der Waals surface area contributed by atoms with Crippen molar-refractivity contribution in [3.05, 3.63) is 21.4 Å². The van der Waals surface area contributed by atoms with Gasteiger partial charge in [0.25, 0.3) is 0 Å². The highest BCUT2D eigenvalue weighted by molar-refractivity contribution is 7.12. The molecule has 0 saturated carbocycles. The molecule has 1 aliphatic rings. The van der Waals surface area contributed by atoms with Gasteiger partial charge in [0.15, 0.2) is 0 Å². The van der Waals surface area contributed by atoms with Crippen LogP contribution in [0.15, 0.2) is 6.07 Å². The third kappa shape index (κ3) is 3.82. The topological polar surface area (TPSA) is 55.1 Å². The quantitative estimate of drug-likeness (QED) is 0.859. The van der Waals surface area contributed by atoms with Gasteiger partial charge in [0.2, 0.25) is 5.91 Å². The lowest BCUT2D eigenvalue weighted by atomic mass is 10.00. The molecule has 0 aliphatic heterocycles. The first kappa shape index (κ1) is 13.6. The molecular formula is C14H22N2OS. The van der Waals surface area contributed by atoms with E-state index >= 15 is 0 Å². The summed E-state index contributed by atoms with van der Waals surface area (Å²) < 4.78 is 0. The fraction of sp³-hybridized carbons (Fsp3) is 0.643. The summed E-state index contributed by atoms with van der Waals surface area (Å²) in [6.45, 7) is 4.57. The van der Waals surface area contributed by atoms with E-state index in [2.05, 4.69) is 11.4 Å². The van der Waals surface area contributed by atoms with Crippen molar-refractivity contribution in [3.63, 3.8) is 0 Å². The number of thiophene rings is 1. The van der Waals surface area contributed by atoms with Crippen LogP contribution in [0, 0.1) is 0 Å². The van der Waals surface area contributed by atoms with Crippen molar-refractivity contribution in [2.45, 2.75) is 58.0 Å². The fourth-order valence-corrected chi connectivity index (χ4v) is 3.39. The van der Waals surface area contributed by atoms with Gasteiger partial charge in [-0.25, -0.2) is 0 Å². The Bertz CT molecular complexity index is 410. The van der Waals surface area contributed by atoms with E-state index in [0.29, 0.717) is 13.0 Å². The lowest BCUT2D eigenvalue weighted by molar-refractivity contribution is -0.121. The van der Waals surface area contributed by atoms with Crippen molar-refractivity contribution in [1.82, 2.24) is 5.32 Å². The minimum Gasteiger partial charge on any atom is -0.351 e. The van der Waals surface area contributed by atoms with Crippen LogP contribution in [0.1, 0.15) is 48.4 Å². The number of hydrogen-bond acceptors (Lipinski definition) is 3. The maximum absolute atomic E-state index is 11.7.